The van der Waals surface area contributed by atoms with Crippen molar-refractivity contribution in [1.82, 2.24) is 15.0 Å². The second-order valence-electron chi connectivity index (χ2n) is 14.7. The van der Waals surface area contributed by atoms with Crippen LogP contribution in [0.5, 0.6) is 0 Å². The van der Waals surface area contributed by atoms with Gasteiger partial charge in [-0.05, 0) is 97.1 Å². The van der Waals surface area contributed by atoms with E-state index < -0.39 is 0 Å². The molecule has 0 atom stereocenters. The molecule has 0 unspecified atom stereocenters. The average Bonchev–Trinajstić information content (AvgIpc) is 3.52. The van der Waals surface area contributed by atoms with Gasteiger partial charge in [-0.15, -0.1) is 53.6 Å². The third kappa shape index (κ3) is 8.38. The van der Waals surface area contributed by atoms with E-state index in [4.69, 9.17) is 14.4 Å². The summed E-state index contributed by atoms with van der Waals surface area (Å²) in [5.41, 5.74) is 16.5. The summed E-state index contributed by atoms with van der Waals surface area (Å²) in [5, 5.41) is 2.07. The number of furan rings is 1. The van der Waals surface area contributed by atoms with Gasteiger partial charge in [0.15, 0.2) is 0 Å². The van der Waals surface area contributed by atoms with Crippen molar-refractivity contribution in [3.05, 3.63) is 136 Å². The predicted octanol–water partition coefficient (Wildman–Crippen LogP) is 13.4. The first-order valence-electron chi connectivity index (χ1n) is 18.8. The molecule has 0 aliphatic rings. The summed E-state index contributed by atoms with van der Waals surface area (Å²) in [6, 6.07) is 32.0. The van der Waals surface area contributed by atoms with Crippen molar-refractivity contribution >= 4 is 22.1 Å². The Balaban J connectivity index is 0.000000283. The summed E-state index contributed by atoms with van der Waals surface area (Å²) in [7, 11) is 0. The smallest absolute Gasteiger partial charge is 0.216 e. The van der Waals surface area contributed by atoms with Gasteiger partial charge >= 0.3 is 0 Å². The van der Waals surface area contributed by atoms with E-state index in [0.717, 1.165) is 57.4 Å². The fourth-order valence-electron chi connectivity index (χ4n) is 7.09. The molecule has 0 bridgehead atoms. The first-order valence-corrected chi connectivity index (χ1v) is 18.8. The molecule has 7 aromatic rings. The SMILES string of the molecule is CCC(CC)c1cnc(-c2[c-]ccc3c2oc2nc(-c4c(C(C)C)cccc4C(C)C)ccc23)cc1C.Cc1c[c-]c(-c2cc(C)c(C)cn2)cc1.[Ir]. The van der Waals surface area contributed by atoms with Gasteiger partial charge in [0.25, 0.3) is 0 Å². The summed E-state index contributed by atoms with van der Waals surface area (Å²) in [4.78, 5) is 14.3. The molecule has 4 nitrogen and oxygen atoms in total. The number of rotatable bonds is 8. The summed E-state index contributed by atoms with van der Waals surface area (Å²) in [5.74, 6) is 1.35. The molecule has 0 saturated heterocycles. The zero-order valence-corrected chi connectivity index (χ0v) is 35.2. The van der Waals surface area contributed by atoms with Crippen LogP contribution in [-0.2, 0) is 20.1 Å². The molecule has 4 heterocycles. The van der Waals surface area contributed by atoms with Crippen molar-refractivity contribution in [2.75, 3.05) is 0 Å². The van der Waals surface area contributed by atoms with E-state index in [0.29, 0.717) is 23.5 Å². The van der Waals surface area contributed by atoms with E-state index in [2.05, 4.69) is 147 Å². The van der Waals surface area contributed by atoms with Crippen LogP contribution in [0.1, 0.15) is 111 Å². The molecule has 53 heavy (non-hydrogen) atoms. The van der Waals surface area contributed by atoms with Crippen molar-refractivity contribution < 1.29 is 24.5 Å². The Hall–Kier alpha value is -4.44. The number of hydrogen-bond donors (Lipinski definition) is 0. The molecule has 1 radical (unpaired) electrons. The Bertz CT molecular complexity index is 2300. The van der Waals surface area contributed by atoms with Gasteiger partial charge in [-0.25, -0.2) is 4.98 Å². The van der Waals surface area contributed by atoms with Crippen LogP contribution in [0.2, 0.25) is 0 Å². The van der Waals surface area contributed by atoms with Gasteiger partial charge in [-0.2, -0.15) is 0 Å². The van der Waals surface area contributed by atoms with Gasteiger partial charge in [-0.3, -0.25) is 0 Å². The van der Waals surface area contributed by atoms with Crippen LogP contribution >= 0.6 is 0 Å². The summed E-state index contributed by atoms with van der Waals surface area (Å²) < 4.78 is 6.48. The van der Waals surface area contributed by atoms with Gasteiger partial charge in [0.2, 0.25) is 5.71 Å². The third-order valence-corrected chi connectivity index (χ3v) is 10.4. The van der Waals surface area contributed by atoms with Crippen LogP contribution in [0, 0.1) is 39.8 Å². The standard InChI is InChI=1S/C34H37N2O.C14H14N.Ir/c1-8-23(9-2)29-19-35-31(18-22(29)7)28-15-11-14-26-27-16-17-30(36-34(27)37-33(26)28)32-24(20(3)4)12-10-13-25(32)21(5)6;1-10-4-6-13(7-5-10)14-8-11(2)12(3)9-15-14;/h10-14,16-21,23H,8-9H2,1-7H3;4-6,8-9H,1-3H3;/q2*-1;. The maximum atomic E-state index is 6.48. The zero-order valence-electron chi connectivity index (χ0n) is 32.8. The Kier molecular flexibility index (Phi) is 12.9. The molecule has 7 rings (SSSR count). The first-order chi connectivity index (χ1) is 25.0. The molecule has 0 saturated carbocycles. The fourth-order valence-corrected chi connectivity index (χ4v) is 7.09. The van der Waals surface area contributed by atoms with Crippen molar-refractivity contribution in [3.63, 3.8) is 0 Å². The second-order valence-corrected chi connectivity index (χ2v) is 14.7. The van der Waals surface area contributed by atoms with Crippen molar-refractivity contribution in [2.24, 2.45) is 0 Å². The fraction of sp³-hybridized carbons (Fsp3) is 0.312. The summed E-state index contributed by atoms with van der Waals surface area (Å²) >= 11 is 0. The Labute approximate surface area is 329 Å². The normalized spacial score (nSPS) is 11.3. The van der Waals surface area contributed by atoms with E-state index in [1.165, 1.54) is 44.5 Å². The predicted molar refractivity (Wildman–Crippen MR) is 218 cm³/mol. The average molecular weight is 878 g/mol. The first kappa shape index (κ1) is 39.8. The minimum absolute atomic E-state index is 0. The second kappa shape index (κ2) is 17.1. The largest absolute Gasteiger partial charge is 0.486 e. The van der Waals surface area contributed by atoms with Crippen LogP contribution in [0.4, 0.5) is 0 Å². The van der Waals surface area contributed by atoms with Crippen molar-refractivity contribution in [3.8, 4) is 33.8 Å². The minimum atomic E-state index is 0. The van der Waals surface area contributed by atoms with Crippen LogP contribution < -0.4 is 0 Å². The number of aromatic nitrogens is 3. The van der Waals surface area contributed by atoms with Crippen molar-refractivity contribution in [2.45, 2.75) is 99.8 Å². The van der Waals surface area contributed by atoms with Gasteiger partial charge in [0.1, 0.15) is 0 Å². The van der Waals surface area contributed by atoms with Crippen molar-refractivity contribution in [1.29, 1.82) is 0 Å². The number of fused-ring (bicyclic) bond motifs is 3. The molecule has 0 spiro atoms. The van der Waals surface area contributed by atoms with Crippen LogP contribution in [0.25, 0.3) is 55.8 Å². The van der Waals surface area contributed by atoms with Crippen LogP contribution in [0.3, 0.4) is 0 Å². The molecule has 3 aromatic carbocycles. The van der Waals surface area contributed by atoms with Gasteiger partial charge in [0, 0.05) is 43.4 Å². The summed E-state index contributed by atoms with van der Waals surface area (Å²) in [6.07, 6.45) is 6.20. The van der Waals surface area contributed by atoms with Gasteiger partial charge in [0.05, 0.1) is 11.3 Å². The number of pyridine rings is 3. The molecular weight excluding hydrogens is 827 g/mol. The number of nitrogens with zero attached hydrogens (tertiary/aromatic N) is 3. The van der Waals surface area contributed by atoms with E-state index in [9.17, 15) is 0 Å². The van der Waals surface area contributed by atoms with Gasteiger partial charge in [-0.1, -0.05) is 101 Å². The maximum Gasteiger partial charge on any atom is 0.216 e. The number of benzene rings is 3. The molecule has 4 aromatic heterocycles. The Morgan fingerprint density at radius 3 is 1.94 bits per heavy atom. The molecular formula is C48H51IrN3O-2. The molecule has 275 valence electrons. The molecule has 0 fully saturated rings. The monoisotopic (exact) mass is 878 g/mol. The quantitative estimate of drug-likeness (QED) is 0.143. The third-order valence-electron chi connectivity index (χ3n) is 10.4. The van der Waals surface area contributed by atoms with E-state index in [1.54, 1.807) is 0 Å². The van der Waals surface area contributed by atoms with E-state index in [1.807, 2.05) is 24.5 Å². The number of aryl methyl sites for hydroxylation is 4. The summed E-state index contributed by atoms with van der Waals surface area (Å²) in [6.45, 7) is 21.9. The van der Waals surface area contributed by atoms with E-state index in [-0.39, 0.29) is 20.1 Å². The van der Waals surface area contributed by atoms with E-state index >= 15 is 0 Å². The maximum absolute atomic E-state index is 6.48. The molecule has 0 N–H and O–H groups in total. The van der Waals surface area contributed by atoms with Gasteiger partial charge < -0.3 is 14.4 Å². The topological polar surface area (TPSA) is 51.8 Å². The molecule has 0 aliphatic heterocycles. The molecule has 5 heteroatoms. The molecule has 0 aliphatic carbocycles. The Morgan fingerprint density at radius 2 is 1.34 bits per heavy atom. The zero-order chi connectivity index (χ0) is 37.1. The molecule has 0 amide bonds. The van der Waals surface area contributed by atoms with Crippen LogP contribution in [0.15, 0.2) is 89.6 Å². The Morgan fingerprint density at radius 1 is 0.660 bits per heavy atom. The minimum Gasteiger partial charge on any atom is -0.486 e. The number of hydrogen-bond acceptors (Lipinski definition) is 4. The van der Waals surface area contributed by atoms with Crippen LogP contribution in [-0.4, -0.2) is 15.0 Å².